The molecule has 23 heavy (non-hydrogen) atoms. The van der Waals surface area contributed by atoms with Crippen molar-refractivity contribution in [3.63, 3.8) is 0 Å². The summed E-state index contributed by atoms with van der Waals surface area (Å²) in [4.78, 5) is 9.16. The third-order valence-corrected chi connectivity index (χ3v) is 3.35. The summed E-state index contributed by atoms with van der Waals surface area (Å²) < 4.78 is 43.6. The molecule has 1 aliphatic rings. The molecule has 0 unspecified atom stereocenters. The van der Waals surface area contributed by atoms with Crippen molar-refractivity contribution in [2.24, 2.45) is 0 Å². The number of rotatable bonds is 3. The van der Waals surface area contributed by atoms with Gasteiger partial charge in [0.1, 0.15) is 35.1 Å². The zero-order valence-corrected chi connectivity index (χ0v) is 11.8. The van der Waals surface area contributed by atoms with Crippen molar-refractivity contribution in [1.29, 1.82) is 5.26 Å². The van der Waals surface area contributed by atoms with Crippen molar-refractivity contribution in [1.82, 2.24) is 9.97 Å². The average Bonchev–Trinajstić information content (AvgIpc) is 2.50. The fourth-order valence-electron chi connectivity index (χ4n) is 2.20. The monoisotopic (exact) mass is 320 g/mol. The van der Waals surface area contributed by atoms with Crippen LogP contribution in [-0.2, 0) is 6.18 Å². The summed E-state index contributed by atoms with van der Waals surface area (Å²) in [5.41, 5.74) is -0.662. The molecule has 0 saturated carbocycles. The fraction of sp³-hybridized carbons (Fsp3) is 0.267. The van der Waals surface area contributed by atoms with E-state index in [4.69, 9.17) is 10.00 Å². The molecule has 0 bridgehead atoms. The predicted octanol–water partition coefficient (Wildman–Crippen LogP) is 2.63. The highest BCUT2D eigenvalue weighted by Gasteiger charge is 2.35. The van der Waals surface area contributed by atoms with Gasteiger partial charge < -0.3 is 9.64 Å². The zero-order chi connectivity index (χ0) is 16.4. The standard InChI is InChI=1S/C15H11F3N4O/c16-15(17,18)13-2-1-3-14(21-13)22-8-12(9-22)23-11-4-5-20-10(6-11)7-19/h1-6,12H,8-9H2. The van der Waals surface area contributed by atoms with Crippen LogP contribution in [0.1, 0.15) is 11.4 Å². The third-order valence-electron chi connectivity index (χ3n) is 3.35. The molecule has 0 spiro atoms. The van der Waals surface area contributed by atoms with E-state index >= 15 is 0 Å². The van der Waals surface area contributed by atoms with Crippen LogP contribution < -0.4 is 9.64 Å². The number of pyridine rings is 2. The predicted molar refractivity (Wildman–Crippen MR) is 74.8 cm³/mol. The highest BCUT2D eigenvalue weighted by molar-refractivity contribution is 5.43. The molecular formula is C15H11F3N4O. The number of alkyl halides is 3. The fourth-order valence-corrected chi connectivity index (χ4v) is 2.20. The lowest BCUT2D eigenvalue weighted by molar-refractivity contribution is -0.141. The lowest BCUT2D eigenvalue weighted by atomic mass is 10.1. The molecular weight excluding hydrogens is 309 g/mol. The van der Waals surface area contributed by atoms with Gasteiger partial charge in [0, 0.05) is 12.3 Å². The Morgan fingerprint density at radius 3 is 2.74 bits per heavy atom. The summed E-state index contributed by atoms with van der Waals surface area (Å²) in [6.45, 7) is 0.858. The number of ether oxygens (including phenoxy) is 1. The first-order valence-electron chi connectivity index (χ1n) is 6.78. The second-order valence-corrected chi connectivity index (χ2v) is 5.01. The van der Waals surface area contributed by atoms with Crippen molar-refractivity contribution in [2.75, 3.05) is 18.0 Å². The SMILES string of the molecule is N#Cc1cc(OC2CN(c3cccc(C(F)(F)F)n3)C2)ccn1. The minimum Gasteiger partial charge on any atom is -0.487 e. The van der Waals surface area contributed by atoms with Crippen molar-refractivity contribution in [2.45, 2.75) is 12.3 Å². The summed E-state index contributed by atoms with van der Waals surface area (Å²) >= 11 is 0. The first kappa shape index (κ1) is 15.1. The van der Waals surface area contributed by atoms with Gasteiger partial charge in [-0.3, -0.25) is 0 Å². The first-order valence-corrected chi connectivity index (χ1v) is 6.78. The molecule has 1 aliphatic heterocycles. The Morgan fingerprint density at radius 1 is 1.26 bits per heavy atom. The third kappa shape index (κ3) is 3.34. The second-order valence-electron chi connectivity index (χ2n) is 5.01. The first-order chi connectivity index (χ1) is 11.0. The maximum absolute atomic E-state index is 12.7. The number of nitriles is 1. The highest BCUT2D eigenvalue weighted by Crippen LogP contribution is 2.30. The molecule has 2 aromatic heterocycles. The number of halogens is 3. The molecule has 3 rings (SSSR count). The van der Waals surface area contributed by atoms with Crippen LogP contribution in [0.3, 0.4) is 0 Å². The van der Waals surface area contributed by atoms with Crippen LogP contribution in [0.25, 0.3) is 0 Å². The van der Waals surface area contributed by atoms with Crippen LogP contribution in [-0.4, -0.2) is 29.2 Å². The van der Waals surface area contributed by atoms with E-state index in [0.29, 0.717) is 18.8 Å². The Morgan fingerprint density at radius 2 is 2.04 bits per heavy atom. The van der Waals surface area contributed by atoms with Gasteiger partial charge in [0.15, 0.2) is 0 Å². The van der Waals surface area contributed by atoms with E-state index in [1.165, 1.54) is 24.4 Å². The molecule has 1 saturated heterocycles. The molecule has 0 amide bonds. The Hall–Kier alpha value is -2.82. The summed E-state index contributed by atoms with van der Waals surface area (Å²) in [6.07, 6.45) is -3.15. The number of hydrogen-bond donors (Lipinski definition) is 0. The van der Waals surface area contributed by atoms with Gasteiger partial charge in [0.25, 0.3) is 0 Å². The van der Waals surface area contributed by atoms with Gasteiger partial charge in [-0.25, -0.2) is 9.97 Å². The normalized spacial score (nSPS) is 15.0. The zero-order valence-electron chi connectivity index (χ0n) is 11.8. The Balaban J connectivity index is 1.62. The highest BCUT2D eigenvalue weighted by atomic mass is 19.4. The average molecular weight is 320 g/mol. The maximum Gasteiger partial charge on any atom is 0.433 e. The smallest absolute Gasteiger partial charge is 0.433 e. The molecule has 5 nitrogen and oxygen atoms in total. The van der Waals surface area contributed by atoms with Crippen molar-refractivity contribution < 1.29 is 17.9 Å². The minimum absolute atomic E-state index is 0.166. The Bertz CT molecular complexity index is 751. The minimum atomic E-state index is -4.46. The number of nitrogens with zero attached hydrogens (tertiary/aromatic N) is 4. The lowest BCUT2D eigenvalue weighted by Crippen LogP contribution is -2.54. The Kier molecular flexibility index (Phi) is 3.78. The molecule has 0 aliphatic carbocycles. The molecule has 0 N–H and O–H groups in total. The molecule has 0 atom stereocenters. The number of hydrogen-bond acceptors (Lipinski definition) is 5. The van der Waals surface area contributed by atoms with Crippen molar-refractivity contribution in [3.8, 4) is 11.8 Å². The second kappa shape index (κ2) is 5.76. The quantitative estimate of drug-likeness (QED) is 0.870. The maximum atomic E-state index is 12.7. The Labute approximate surface area is 130 Å². The van der Waals surface area contributed by atoms with Crippen LogP contribution in [0.5, 0.6) is 5.75 Å². The van der Waals surface area contributed by atoms with E-state index in [-0.39, 0.29) is 17.6 Å². The summed E-state index contributed by atoms with van der Waals surface area (Å²) in [5, 5.41) is 8.77. The van der Waals surface area contributed by atoms with Gasteiger partial charge in [0.05, 0.1) is 13.1 Å². The summed E-state index contributed by atoms with van der Waals surface area (Å²) in [5.74, 6) is 0.783. The van der Waals surface area contributed by atoms with Gasteiger partial charge in [0.2, 0.25) is 0 Å². The van der Waals surface area contributed by atoms with E-state index in [1.807, 2.05) is 6.07 Å². The summed E-state index contributed by atoms with van der Waals surface area (Å²) in [7, 11) is 0. The molecule has 3 heterocycles. The van der Waals surface area contributed by atoms with Gasteiger partial charge >= 0.3 is 6.18 Å². The molecule has 2 aromatic rings. The van der Waals surface area contributed by atoms with Gasteiger partial charge in [-0.05, 0) is 18.2 Å². The molecule has 0 radical (unpaired) electrons. The lowest BCUT2D eigenvalue weighted by Gasteiger charge is -2.39. The van der Waals surface area contributed by atoms with E-state index in [1.54, 1.807) is 11.0 Å². The van der Waals surface area contributed by atoms with Gasteiger partial charge in [-0.1, -0.05) is 6.07 Å². The van der Waals surface area contributed by atoms with Crippen LogP contribution >= 0.6 is 0 Å². The molecule has 118 valence electrons. The largest absolute Gasteiger partial charge is 0.487 e. The van der Waals surface area contributed by atoms with E-state index in [0.717, 1.165) is 6.07 Å². The van der Waals surface area contributed by atoms with Gasteiger partial charge in [-0.15, -0.1) is 0 Å². The molecule has 1 fully saturated rings. The van der Waals surface area contributed by atoms with Crippen LogP contribution in [0, 0.1) is 11.3 Å². The van der Waals surface area contributed by atoms with Crippen LogP contribution in [0.15, 0.2) is 36.5 Å². The number of anilines is 1. The van der Waals surface area contributed by atoms with E-state index in [2.05, 4.69) is 9.97 Å². The van der Waals surface area contributed by atoms with Crippen LogP contribution in [0.2, 0.25) is 0 Å². The number of aromatic nitrogens is 2. The molecule has 0 aromatic carbocycles. The van der Waals surface area contributed by atoms with E-state index < -0.39 is 11.9 Å². The van der Waals surface area contributed by atoms with Crippen LogP contribution in [0.4, 0.5) is 19.0 Å². The van der Waals surface area contributed by atoms with Crippen molar-refractivity contribution in [3.05, 3.63) is 47.9 Å². The van der Waals surface area contributed by atoms with E-state index in [9.17, 15) is 13.2 Å². The topological polar surface area (TPSA) is 62.0 Å². The summed E-state index contributed by atoms with van der Waals surface area (Å²) in [6, 6.07) is 8.87. The van der Waals surface area contributed by atoms with Gasteiger partial charge in [-0.2, -0.15) is 18.4 Å². The van der Waals surface area contributed by atoms with Crippen molar-refractivity contribution >= 4 is 5.82 Å². The molecule has 8 heteroatoms.